The minimum Gasteiger partial charge on any atom is -0.494 e. The molecule has 0 spiro atoms. The van der Waals surface area contributed by atoms with Gasteiger partial charge in [-0.05, 0) is 17.7 Å². The van der Waals surface area contributed by atoms with E-state index in [0.717, 1.165) is 0 Å². The second kappa shape index (κ2) is 4.53. The van der Waals surface area contributed by atoms with Crippen LogP contribution in [0.2, 0.25) is 0 Å². The summed E-state index contributed by atoms with van der Waals surface area (Å²) >= 11 is 0. The second-order valence-electron chi connectivity index (χ2n) is 3.93. The molecule has 17 heavy (non-hydrogen) atoms. The van der Waals surface area contributed by atoms with Gasteiger partial charge in [0, 0.05) is 6.42 Å². The third-order valence-electron chi connectivity index (χ3n) is 2.70. The first-order valence-corrected chi connectivity index (χ1v) is 5.24. The highest BCUT2D eigenvalue weighted by atomic mass is 19.1. The van der Waals surface area contributed by atoms with Gasteiger partial charge >= 0.3 is 0 Å². The Morgan fingerprint density at radius 3 is 2.82 bits per heavy atom. The van der Waals surface area contributed by atoms with Crippen molar-refractivity contribution in [2.24, 2.45) is 0 Å². The fraction of sp³-hybridized carbons (Fsp3) is 0.333. The lowest BCUT2D eigenvalue weighted by atomic mass is 9.96. The molecule has 1 aromatic rings. The lowest BCUT2D eigenvalue weighted by Crippen LogP contribution is -2.36. The molecular formula is C12H12FNO3. The van der Waals surface area contributed by atoms with E-state index in [-0.39, 0.29) is 30.3 Å². The summed E-state index contributed by atoms with van der Waals surface area (Å²) in [5.74, 6) is -0.768. The number of amides is 1. The summed E-state index contributed by atoms with van der Waals surface area (Å²) in [7, 11) is 1.37. The van der Waals surface area contributed by atoms with Crippen molar-refractivity contribution in [3.8, 4) is 5.75 Å². The molecule has 4 nitrogen and oxygen atoms in total. The summed E-state index contributed by atoms with van der Waals surface area (Å²) in [5, 5.41) is 2.70. The van der Waals surface area contributed by atoms with Crippen molar-refractivity contribution in [2.75, 3.05) is 7.11 Å². The molecule has 1 N–H and O–H groups in total. The number of rotatable bonds is 2. The van der Waals surface area contributed by atoms with Gasteiger partial charge in [0.05, 0.1) is 19.6 Å². The summed E-state index contributed by atoms with van der Waals surface area (Å²) in [6.45, 7) is 0. The first-order valence-electron chi connectivity index (χ1n) is 5.24. The average Bonchev–Trinajstić information content (AvgIpc) is 2.28. The molecule has 2 rings (SSSR count). The molecule has 0 bridgehead atoms. The molecule has 1 atom stereocenters. The monoisotopic (exact) mass is 237 g/mol. The van der Waals surface area contributed by atoms with Crippen LogP contribution in [0.3, 0.4) is 0 Å². The van der Waals surface area contributed by atoms with E-state index in [1.807, 2.05) is 0 Å². The molecule has 0 aliphatic carbocycles. The second-order valence-corrected chi connectivity index (χ2v) is 3.93. The van der Waals surface area contributed by atoms with Crippen LogP contribution in [0.25, 0.3) is 0 Å². The Labute approximate surface area is 97.8 Å². The van der Waals surface area contributed by atoms with Crippen LogP contribution in [0.15, 0.2) is 18.2 Å². The zero-order chi connectivity index (χ0) is 12.4. The van der Waals surface area contributed by atoms with E-state index >= 15 is 0 Å². The van der Waals surface area contributed by atoms with E-state index in [0.29, 0.717) is 5.56 Å². The Balaban J connectivity index is 2.27. The van der Waals surface area contributed by atoms with Crippen molar-refractivity contribution < 1.29 is 18.7 Å². The van der Waals surface area contributed by atoms with Crippen LogP contribution in [0, 0.1) is 5.82 Å². The van der Waals surface area contributed by atoms with Crippen molar-refractivity contribution in [2.45, 2.75) is 18.9 Å². The number of halogens is 1. The van der Waals surface area contributed by atoms with E-state index in [9.17, 15) is 14.0 Å². The van der Waals surface area contributed by atoms with Gasteiger partial charge in [-0.25, -0.2) is 4.39 Å². The number of carbonyl (C=O) groups is 2. The van der Waals surface area contributed by atoms with Gasteiger partial charge in [0.15, 0.2) is 11.6 Å². The predicted octanol–water partition coefficient (Wildman–Crippen LogP) is 1.35. The molecule has 90 valence electrons. The number of ketones is 1. The predicted molar refractivity (Wildman–Crippen MR) is 58.1 cm³/mol. The third kappa shape index (κ3) is 2.43. The maximum Gasteiger partial charge on any atom is 0.227 e. The van der Waals surface area contributed by atoms with Gasteiger partial charge in [0.25, 0.3) is 0 Å². The lowest BCUT2D eigenvalue weighted by molar-refractivity contribution is -0.132. The molecule has 1 aliphatic heterocycles. The molecule has 1 aromatic carbocycles. The molecule has 1 amide bonds. The number of methoxy groups -OCH3 is 1. The highest BCUT2D eigenvalue weighted by Gasteiger charge is 2.26. The molecule has 1 unspecified atom stereocenters. The number of piperidine rings is 1. The van der Waals surface area contributed by atoms with Gasteiger partial charge < -0.3 is 10.1 Å². The van der Waals surface area contributed by atoms with Crippen LogP contribution in [0.5, 0.6) is 5.75 Å². The number of benzene rings is 1. The van der Waals surface area contributed by atoms with Crippen molar-refractivity contribution in [1.29, 1.82) is 0 Å². The van der Waals surface area contributed by atoms with Crippen molar-refractivity contribution in [3.63, 3.8) is 0 Å². The molecule has 0 aromatic heterocycles. The fourth-order valence-corrected chi connectivity index (χ4v) is 1.87. The maximum atomic E-state index is 13.2. The molecule has 0 radical (unpaired) electrons. The minimum atomic E-state index is -0.468. The third-order valence-corrected chi connectivity index (χ3v) is 2.70. The minimum absolute atomic E-state index is 0.0746. The number of hydrogen-bond donors (Lipinski definition) is 1. The van der Waals surface area contributed by atoms with E-state index in [4.69, 9.17) is 4.74 Å². The quantitative estimate of drug-likeness (QED) is 0.790. The Morgan fingerprint density at radius 1 is 1.41 bits per heavy atom. The van der Waals surface area contributed by atoms with Crippen LogP contribution in [0.4, 0.5) is 4.39 Å². The molecule has 1 fully saturated rings. The average molecular weight is 237 g/mol. The molecule has 1 aliphatic rings. The van der Waals surface area contributed by atoms with E-state index in [2.05, 4.69) is 5.32 Å². The Bertz CT molecular complexity index is 457. The van der Waals surface area contributed by atoms with Crippen LogP contribution in [-0.2, 0) is 9.59 Å². The van der Waals surface area contributed by atoms with Crippen molar-refractivity contribution in [1.82, 2.24) is 5.32 Å². The van der Waals surface area contributed by atoms with Crippen LogP contribution >= 0.6 is 0 Å². The highest BCUT2D eigenvalue weighted by Crippen LogP contribution is 2.26. The summed E-state index contributed by atoms with van der Waals surface area (Å²) in [6.07, 6.45) is 0.162. The number of nitrogens with one attached hydrogen (secondary N) is 1. The van der Waals surface area contributed by atoms with E-state index in [1.54, 1.807) is 6.07 Å². The van der Waals surface area contributed by atoms with E-state index in [1.165, 1.54) is 19.2 Å². The smallest absolute Gasteiger partial charge is 0.227 e. The highest BCUT2D eigenvalue weighted by molar-refractivity contribution is 6.00. The molecule has 5 heteroatoms. The number of hydrogen-bond acceptors (Lipinski definition) is 3. The number of Topliss-reactive ketones (excluding diaryl/α,β-unsaturated/α-hetero) is 1. The van der Waals surface area contributed by atoms with Crippen molar-refractivity contribution in [3.05, 3.63) is 29.6 Å². The SMILES string of the molecule is COc1cc(C2CC(=O)CC(=O)N2)ccc1F. The number of carbonyl (C=O) groups excluding carboxylic acids is 2. The Kier molecular flexibility index (Phi) is 3.08. The summed E-state index contributed by atoms with van der Waals surface area (Å²) in [6, 6.07) is 3.91. The van der Waals surface area contributed by atoms with Crippen LogP contribution < -0.4 is 10.1 Å². The van der Waals surface area contributed by atoms with Crippen LogP contribution in [-0.4, -0.2) is 18.8 Å². The topological polar surface area (TPSA) is 55.4 Å². The van der Waals surface area contributed by atoms with Gasteiger partial charge in [0.1, 0.15) is 5.78 Å². The Hall–Kier alpha value is -1.91. The van der Waals surface area contributed by atoms with Gasteiger partial charge in [-0.2, -0.15) is 0 Å². The normalized spacial score (nSPS) is 20.0. The molecule has 1 heterocycles. The van der Waals surface area contributed by atoms with Crippen molar-refractivity contribution >= 4 is 11.7 Å². The zero-order valence-corrected chi connectivity index (χ0v) is 9.33. The molecule has 0 saturated carbocycles. The summed E-state index contributed by atoms with van der Waals surface area (Å²) < 4.78 is 18.1. The summed E-state index contributed by atoms with van der Waals surface area (Å²) in [4.78, 5) is 22.6. The Morgan fingerprint density at radius 2 is 2.18 bits per heavy atom. The first-order chi connectivity index (χ1) is 8.10. The van der Waals surface area contributed by atoms with E-state index < -0.39 is 11.9 Å². The van der Waals surface area contributed by atoms with Gasteiger partial charge in [-0.3, -0.25) is 9.59 Å². The maximum absolute atomic E-state index is 13.2. The molecule has 1 saturated heterocycles. The zero-order valence-electron chi connectivity index (χ0n) is 9.33. The summed E-state index contributed by atoms with van der Waals surface area (Å²) in [5.41, 5.74) is 0.671. The first kappa shape index (κ1) is 11.6. The lowest BCUT2D eigenvalue weighted by Gasteiger charge is -2.23. The standard InChI is InChI=1S/C12H12FNO3/c1-17-11-4-7(2-3-9(11)13)10-5-8(15)6-12(16)14-10/h2-4,10H,5-6H2,1H3,(H,14,16). The van der Waals surface area contributed by atoms with Gasteiger partial charge in [-0.1, -0.05) is 6.07 Å². The largest absolute Gasteiger partial charge is 0.494 e. The van der Waals surface area contributed by atoms with Gasteiger partial charge in [-0.15, -0.1) is 0 Å². The molecular weight excluding hydrogens is 225 g/mol. The fourth-order valence-electron chi connectivity index (χ4n) is 1.87. The van der Waals surface area contributed by atoms with Gasteiger partial charge in [0.2, 0.25) is 5.91 Å². The number of ether oxygens (including phenoxy) is 1. The van der Waals surface area contributed by atoms with Crippen LogP contribution in [0.1, 0.15) is 24.4 Å².